The van der Waals surface area contributed by atoms with Gasteiger partial charge in [-0.1, -0.05) is 182 Å². The van der Waals surface area contributed by atoms with E-state index >= 15 is 0 Å². The molecule has 0 fully saturated rings. The Balaban J connectivity index is 1.05. The van der Waals surface area contributed by atoms with Crippen LogP contribution in [-0.4, -0.2) is 0 Å². The van der Waals surface area contributed by atoms with E-state index in [1.54, 1.807) is 0 Å². The summed E-state index contributed by atoms with van der Waals surface area (Å²) >= 11 is 1.88. The molecule has 4 aliphatic rings. The van der Waals surface area contributed by atoms with Gasteiger partial charge >= 0.3 is 0 Å². The number of rotatable bonds is 3. The summed E-state index contributed by atoms with van der Waals surface area (Å²) in [6.07, 6.45) is 0. The summed E-state index contributed by atoms with van der Waals surface area (Å²) in [7, 11) is 0. The van der Waals surface area contributed by atoms with E-state index in [0.29, 0.717) is 0 Å². The summed E-state index contributed by atoms with van der Waals surface area (Å²) in [6, 6.07) is 82.5. The van der Waals surface area contributed by atoms with Crippen molar-refractivity contribution in [2.75, 3.05) is 4.90 Å². The largest absolute Gasteiger partial charge is 0.457 e. The van der Waals surface area contributed by atoms with Gasteiger partial charge in [0, 0.05) is 42.9 Å². The lowest BCUT2D eigenvalue weighted by atomic mass is 9.66. The predicted octanol–water partition coefficient (Wildman–Crippen LogP) is 16.4. The molecule has 0 atom stereocenters. The highest BCUT2D eigenvalue weighted by molar-refractivity contribution is 7.99. The zero-order chi connectivity index (χ0) is 43.1. The number of fused-ring (bicyclic) bond motifs is 21. The van der Waals surface area contributed by atoms with Crippen molar-refractivity contribution in [1.29, 1.82) is 0 Å². The molecule has 2 spiro atoms. The highest BCUT2D eigenvalue weighted by Gasteiger charge is 2.53. The minimum atomic E-state index is -0.571. The van der Waals surface area contributed by atoms with E-state index in [9.17, 15) is 0 Å². The van der Waals surface area contributed by atoms with Crippen molar-refractivity contribution in [1.82, 2.24) is 0 Å². The van der Waals surface area contributed by atoms with Crippen molar-refractivity contribution in [3.8, 4) is 33.8 Å². The maximum Gasteiger partial charge on any atom is 0.159 e. The SMILES string of the molecule is c1ccc2c(c1)Oc1ccccc1C21c2ccccc2-c2cc(N(c3cccc4c3-c3ccccc3C43c4ccccc4Sc4ccccc43)c3cccc4c3oc3ccccc34)ccc21. The number of hydrogen-bond donors (Lipinski definition) is 0. The molecule has 0 unspecified atom stereocenters. The first-order chi connectivity index (χ1) is 32.7. The van der Waals surface area contributed by atoms with Crippen molar-refractivity contribution in [3.05, 3.63) is 269 Å². The Morgan fingerprint density at radius 1 is 0.364 bits per heavy atom. The Morgan fingerprint density at radius 2 is 0.879 bits per heavy atom. The fourth-order valence-corrected chi connectivity index (χ4v) is 13.6. The number of para-hydroxylation sites is 4. The number of benzene rings is 10. The molecule has 0 amide bonds. The Labute approximate surface area is 386 Å². The zero-order valence-corrected chi connectivity index (χ0v) is 36.4. The molecule has 3 heterocycles. The average Bonchev–Trinajstić information content (AvgIpc) is 4.00. The van der Waals surface area contributed by atoms with Crippen LogP contribution in [0.2, 0.25) is 0 Å². The molecule has 2 aliphatic heterocycles. The van der Waals surface area contributed by atoms with Gasteiger partial charge in [-0.15, -0.1) is 0 Å². The number of nitrogens with zero attached hydrogens (tertiary/aromatic N) is 1. The number of anilines is 3. The van der Waals surface area contributed by atoms with Gasteiger partial charge in [-0.25, -0.2) is 0 Å². The van der Waals surface area contributed by atoms with Crippen LogP contribution in [0.3, 0.4) is 0 Å². The highest BCUT2D eigenvalue weighted by atomic mass is 32.2. The molecule has 0 radical (unpaired) electrons. The van der Waals surface area contributed by atoms with Crippen LogP contribution in [0.25, 0.3) is 44.2 Å². The van der Waals surface area contributed by atoms with Gasteiger partial charge in [-0.2, -0.15) is 0 Å². The van der Waals surface area contributed by atoms with Crippen molar-refractivity contribution in [2.45, 2.75) is 20.6 Å². The molecule has 10 aromatic carbocycles. The molecule has 0 bridgehead atoms. The molecule has 11 aromatic rings. The monoisotopic (exact) mass is 859 g/mol. The molecule has 308 valence electrons. The Bertz CT molecular complexity index is 3790. The van der Waals surface area contributed by atoms with Crippen molar-refractivity contribution < 1.29 is 9.15 Å². The molecule has 1 aromatic heterocycles. The van der Waals surface area contributed by atoms with Crippen LogP contribution in [0.1, 0.15) is 44.5 Å². The smallest absolute Gasteiger partial charge is 0.159 e. The number of furan rings is 1. The second-order valence-electron chi connectivity index (χ2n) is 17.8. The maximum atomic E-state index is 6.96. The van der Waals surface area contributed by atoms with Gasteiger partial charge in [0.15, 0.2) is 5.58 Å². The van der Waals surface area contributed by atoms with E-state index in [0.717, 1.165) is 61.6 Å². The van der Waals surface area contributed by atoms with E-state index in [1.165, 1.54) is 65.4 Å². The van der Waals surface area contributed by atoms with E-state index in [2.05, 4.69) is 229 Å². The van der Waals surface area contributed by atoms with Gasteiger partial charge < -0.3 is 14.1 Å². The zero-order valence-electron chi connectivity index (χ0n) is 35.5. The lowest BCUT2D eigenvalue weighted by molar-refractivity contribution is 0.436. The molecule has 15 rings (SSSR count). The molecular weight excluding hydrogens is 823 g/mol. The molecule has 66 heavy (non-hydrogen) atoms. The predicted molar refractivity (Wildman–Crippen MR) is 267 cm³/mol. The van der Waals surface area contributed by atoms with Crippen molar-refractivity contribution in [3.63, 3.8) is 0 Å². The van der Waals surface area contributed by atoms with Crippen LogP contribution in [0, 0.1) is 0 Å². The summed E-state index contributed by atoms with van der Waals surface area (Å²) in [5, 5.41) is 2.19. The number of hydrogen-bond acceptors (Lipinski definition) is 4. The van der Waals surface area contributed by atoms with Crippen molar-refractivity contribution >= 4 is 50.8 Å². The van der Waals surface area contributed by atoms with Crippen LogP contribution in [0.5, 0.6) is 11.5 Å². The molecule has 4 heteroatoms. The lowest BCUT2D eigenvalue weighted by Crippen LogP contribution is -2.32. The van der Waals surface area contributed by atoms with Gasteiger partial charge in [-0.3, -0.25) is 0 Å². The second kappa shape index (κ2) is 13.3. The van der Waals surface area contributed by atoms with Crippen LogP contribution < -0.4 is 9.64 Å². The van der Waals surface area contributed by atoms with E-state index in [-0.39, 0.29) is 0 Å². The fraction of sp³-hybridized carbons (Fsp3) is 0.0323. The van der Waals surface area contributed by atoms with Crippen LogP contribution in [0.15, 0.2) is 239 Å². The highest BCUT2D eigenvalue weighted by Crippen LogP contribution is 2.66. The molecule has 0 N–H and O–H groups in total. The third kappa shape index (κ3) is 4.49. The average molecular weight is 860 g/mol. The molecule has 2 aliphatic carbocycles. The van der Waals surface area contributed by atoms with Gasteiger partial charge in [0.25, 0.3) is 0 Å². The van der Waals surface area contributed by atoms with Crippen LogP contribution in [0.4, 0.5) is 17.1 Å². The first-order valence-electron chi connectivity index (χ1n) is 22.7. The Kier molecular flexibility index (Phi) is 7.29. The Morgan fingerprint density at radius 3 is 1.62 bits per heavy atom. The minimum absolute atomic E-state index is 0.523. The van der Waals surface area contributed by atoms with Crippen molar-refractivity contribution in [2.24, 2.45) is 0 Å². The first kappa shape index (κ1) is 36.3. The molecule has 3 nitrogen and oxygen atoms in total. The lowest BCUT2D eigenvalue weighted by Gasteiger charge is -2.40. The third-order valence-corrected chi connectivity index (χ3v) is 16.0. The second-order valence-corrected chi connectivity index (χ2v) is 18.9. The summed E-state index contributed by atoms with van der Waals surface area (Å²) < 4.78 is 13.6. The summed E-state index contributed by atoms with van der Waals surface area (Å²) in [4.78, 5) is 5.06. The van der Waals surface area contributed by atoms with Crippen LogP contribution >= 0.6 is 11.8 Å². The van der Waals surface area contributed by atoms with E-state index in [4.69, 9.17) is 9.15 Å². The third-order valence-electron chi connectivity index (χ3n) is 14.8. The van der Waals surface area contributed by atoms with Gasteiger partial charge in [-0.05, 0) is 105 Å². The van der Waals surface area contributed by atoms with Gasteiger partial charge in [0.05, 0.1) is 22.2 Å². The maximum absolute atomic E-state index is 6.96. The van der Waals surface area contributed by atoms with Gasteiger partial charge in [0.2, 0.25) is 0 Å². The number of ether oxygens (including phenoxy) is 1. The van der Waals surface area contributed by atoms with E-state index in [1.807, 2.05) is 11.8 Å². The summed E-state index contributed by atoms with van der Waals surface area (Å²) in [5.41, 5.74) is 18.7. The normalized spacial score (nSPS) is 14.7. The fourth-order valence-electron chi connectivity index (χ4n) is 12.4. The first-order valence-corrected chi connectivity index (χ1v) is 23.5. The van der Waals surface area contributed by atoms with Gasteiger partial charge in [0.1, 0.15) is 17.1 Å². The quantitative estimate of drug-likeness (QED) is 0.177. The molecule has 0 saturated carbocycles. The molecule has 0 saturated heterocycles. The Hall–Kier alpha value is -8.05. The topological polar surface area (TPSA) is 25.6 Å². The summed E-state index contributed by atoms with van der Waals surface area (Å²) in [5.74, 6) is 1.77. The van der Waals surface area contributed by atoms with E-state index < -0.39 is 10.8 Å². The summed E-state index contributed by atoms with van der Waals surface area (Å²) in [6.45, 7) is 0. The minimum Gasteiger partial charge on any atom is -0.457 e. The standard InChI is InChI=1S/C62H37NO2S/c1-4-21-44-39(17-1)43-37-38(35-36-46(43)61(44)47-23-6-11-31-55(47)64-56-32-12-7-24-48(56)61)63(53-29-15-20-41-40-18-3-10-30-54(40)65-60(41)53)52-28-16-27-51-59(52)42-19-2-5-22-45(42)62(51)49-25-8-13-33-57(49)66-58-34-14-9-26-50(58)62/h1-37H. The van der Waals surface area contributed by atoms with Crippen LogP contribution in [-0.2, 0) is 10.8 Å². The molecular formula is C62H37NO2S.